The minimum atomic E-state index is 0. The first kappa shape index (κ1) is 24.9. The highest BCUT2D eigenvalue weighted by Gasteiger charge is 2.23. The van der Waals surface area contributed by atoms with Gasteiger partial charge in [0.15, 0.2) is 5.96 Å². The molecule has 6 nitrogen and oxygen atoms in total. The number of nitrogens with zero attached hydrogens (tertiary/aromatic N) is 2. The highest BCUT2D eigenvalue weighted by Crippen LogP contribution is 2.16. The molecular formula is C18H39IN4O2. The van der Waals surface area contributed by atoms with Crippen LogP contribution >= 0.6 is 24.0 Å². The Morgan fingerprint density at radius 2 is 2.12 bits per heavy atom. The third kappa shape index (κ3) is 10.6. The molecule has 0 saturated carbocycles. The first-order valence-corrected chi connectivity index (χ1v) is 9.61. The van der Waals surface area contributed by atoms with E-state index in [1.165, 1.54) is 19.4 Å². The van der Waals surface area contributed by atoms with Crippen molar-refractivity contribution >= 4 is 29.9 Å². The number of aliphatic hydroxyl groups excluding tert-OH is 1. The molecule has 1 aliphatic heterocycles. The van der Waals surface area contributed by atoms with Crippen LogP contribution in [0.25, 0.3) is 0 Å². The Morgan fingerprint density at radius 1 is 1.32 bits per heavy atom. The zero-order chi connectivity index (χ0) is 17.6. The van der Waals surface area contributed by atoms with Gasteiger partial charge in [0.1, 0.15) is 0 Å². The highest BCUT2D eigenvalue weighted by molar-refractivity contribution is 14.0. The number of nitrogens with one attached hydrogen (secondary N) is 2. The van der Waals surface area contributed by atoms with Gasteiger partial charge in [-0.2, -0.15) is 0 Å². The molecule has 150 valence electrons. The lowest BCUT2D eigenvalue weighted by Gasteiger charge is -2.25. The van der Waals surface area contributed by atoms with E-state index in [4.69, 9.17) is 9.73 Å². The fourth-order valence-electron chi connectivity index (χ4n) is 3.32. The molecule has 3 N–H and O–H groups in total. The zero-order valence-electron chi connectivity index (χ0n) is 16.3. The van der Waals surface area contributed by atoms with Crippen LogP contribution in [-0.2, 0) is 4.74 Å². The van der Waals surface area contributed by atoms with Gasteiger partial charge in [0.05, 0.1) is 6.61 Å². The number of aliphatic imine (C=N–C) groups is 1. The normalized spacial score (nSPS) is 19.5. The minimum Gasteiger partial charge on any atom is -0.396 e. The van der Waals surface area contributed by atoms with Gasteiger partial charge in [0.25, 0.3) is 0 Å². The number of aliphatic hydroxyl groups is 1. The molecule has 0 aromatic carbocycles. The summed E-state index contributed by atoms with van der Waals surface area (Å²) in [5.41, 5.74) is 0. The first-order valence-electron chi connectivity index (χ1n) is 9.61. The van der Waals surface area contributed by atoms with Crippen molar-refractivity contribution in [2.45, 2.75) is 52.0 Å². The topological polar surface area (TPSA) is 69.1 Å². The van der Waals surface area contributed by atoms with E-state index >= 15 is 0 Å². The van der Waals surface area contributed by atoms with Gasteiger partial charge in [-0.1, -0.05) is 13.3 Å². The van der Waals surface area contributed by atoms with Crippen LogP contribution in [0, 0.1) is 5.92 Å². The Kier molecular flexibility index (Phi) is 16.0. The number of ether oxygens (including phenoxy) is 1. The summed E-state index contributed by atoms with van der Waals surface area (Å²) in [6.45, 7) is 10.1. The Balaban J connectivity index is 0.00000576. The lowest BCUT2D eigenvalue weighted by molar-refractivity contribution is 0.141. The van der Waals surface area contributed by atoms with Crippen LogP contribution in [0.4, 0.5) is 0 Å². The minimum absolute atomic E-state index is 0. The second-order valence-electron chi connectivity index (χ2n) is 6.59. The molecule has 0 amide bonds. The van der Waals surface area contributed by atoms with E-state index in [-0.39, 0.29) is 30.6 Å². The molecule has 0 aromatic rings. The third-order valence-corrected chi connectivity index (χ3v) is 4.67. The quantitative estimate of drug-likeness (QED) is 0.232. The van der Waals surface area contributed by atoms with E-state index in [1.807, 2.05) is 0 Å². The van der Waals surface area contributed by atoms with Gasteiger partial charge in [-0.3, -0.25) is 9.89 Å². The molecule has 0 spiro atoms. The number of rotatable bonds is 12. The van der Waals surface area contributed by atoms with Crippen LogP contribution in [0.2, 0.25) is 0 Å². The summed E-state index contributed by atoms with van der Waals surface area (Å²) in [6, 6.07) is 0.563. The summed E-state index contributed by atoms with van der Waals surface area (Å²) in [5, 5.41) is 16.0. The third-order valence-electron chi connectivity index (χ3n) is 4.67. The molecule has 1 saturated heterocycles. The van der Waals surface area contributed by atoms with Gasteiger partial charge in [-0.05, 0) is 45.1 Å². The van der Waals surface area contributed by atoms with Crippen molar-refractivity contribution in [3.05, 3.63) is 0 Å². The second kappa shape index (κ2) is 16.1. The predicted molar refractivity (Wildman–Crippen MR) is 116 cm³/mol. The lowest BCUT2D eigenvalue weighted by Crippen LogP contribution is -2.45. The number of methoxy groups -OCH3 is 1. The van der Waals surface area contributed by atoms with Crippen molar-refractivity contribution in [2.75, 3.05) is 53.0 Å². The van der Waals surface area contributed by atoms with Gasteiger partial charge in [0, 0.05) is 45.9 Å². The SMILES string of the molecule is CCCC(CCO)CN=C(NCC)NCC1CCCN1CCOC.I. The van der Waals surface area contributed by atoms with E-state index in [0.717, 1.165) is 58.0 Å². The number of hydrogen-bond donors (Lipinski definition) is 3. The summed E-state index contributed by atoms with van der Waals surface area (Å²) in [5.74, 6) is 1.37. The Labute approximate surface area is 171 Å². The summed E-state index contributed by atoms with van der Waals surface area (Å²) in [7, 11) is 1.76. The smallest absolute Gasteiger partial charge is 0.191 e. The van der Waals surface area contributed by atoms with Crippen LogP contribution in [0.15, 0.2) is 4.99 Å². The molecular weight excluding hydrogens is 431 g/mol. The number of hydrogen-bond acceptors (Lipinski definition) is 4. The monoisotopic (exact) mass is 470 g/mol. The van der Waals surface area contributed by atoms with Gasteiger partial charge >= 0.3 is 0 Å². The van der Waals surface area contributed by atoms with Crippen molar-refractivity contribution in [2.24, 2.45) is 10.9 Å². The van der Waals surface area contributed by atoms with Gasteiger partial charge in [0.2, 0.25) is 0 Å². The van der Waals surface area contributed by atoms with E-state index in [0.29, 0.717) is 12.0 Å². The van der Waals surface area contributed by atoms with Crippen molar-refractivity contribution in [1.29, 1.82) is 0 Å². The zero-order valence-corrected chi connectivity index (χ0v) is 18.6. The van der Waals surface area contributed by atoms with Crippen molar-refractivity contribution in [3.63, 3.8) is 0 Å². The molecule has 1 heterocycles. The molecule has 1 fully saturated rings. The molecule has 0 radical (unpaired) electrons. The number of guanidine groups is 1. The van der Waals surface area contributed by atoms with E-state index in [1.54, 1.807) is 7.11 Å². The molecule has 0 bridgehead atoms. The van der Waals surface area contributed by atoms with Crippen molar-refractivity contribution in [3.8, 4) is 0 Å². The van der Waals surface area contributed by atoms with Gasteiger partial charge < -0.3 is 20.5 Å². The molecule has 2 unspecified atom stereocenters. The fourth-order valence-corrected chi connectivity index (χ4v) is 3.32. The van der Waals surface area contributed by atoms with Crippen LogP contribution in [0.1, 0.15) is 46.0 Å². The average molecular weight is 470 g/mol. The average Bonchev–Trinajstić information content (AvgIpc) is 3.03. The van der Waals surface area contributed by atoms with Crippen LogP contribution in [0.5, 0.6) is 0 Å². The van der Waals surface area contributed by atoms with E-state index < -0.39 is 0 Å². The first-order chi connectivity index (χ1) is 11.7. The lowest BCUT2D eigenvalue weighted by atomic mass is 10.0. The van der Waals surface area contributed by atoms with Crippen LogP contribution < -0.4 is 10.6 Å². The standard InChI is InChI=1S/C18H38N4O2.HI/c1-4-7-16(9-12-23)14-20-18(19-5-2)21-15-17-8-6-10-22(17)11-13-24-3;/h16-17,23H,4-15H2,1-3H3,(H2,19,20,21);1H. The maximum absolute atomic E-state index is 9.18. The second-order valence-corrected chi connectivity index (χ2v) is 6.59. The summed E-state index contributed by atoms with van der Waals surface area (Å²) < 4.78 is 5.21. The predicted octanol–water partition coefficient (Wildman–Crippen LogP) is 2.07. The van der Waals surface area contributed by atoms with Crippen molar-refractivity contribution < 1.29 is 9.84 Å². The molecule has 0 aromatic heterocycles. The molecule has 1 aliphatic rings. The van der Waals surface area contributed by atoms with Crippen LogP contribution in [0.3, 0.4) is 0 Å². The summed E-state index contributed by atoms with van der Waals surface area (Å²) >= 11 is 0. The maximum Gasteiger partial charge on any atom is 0.191 e. The molecule has 7 heteroatoms. The number of likely N-dealkylation sites (tertiary alicyclic amines) is 1. The summed E-state index contributed by atoms with van der Waals surface area (Å²) in [4.78, 5) is 7.24. The Hall–Kier alpha value is -0.120. The molecule has 25 heavy (non-hydrogen) atoms. The fraction of sp³-hybridized carbons (Fsp3) is 0.944. The Bertz CT molecular complexity index is 339. The molecule has 1 rings (SSSR count). The van der Waals surface area contributed by atoms with E-state index in [9.17, 15) is 5.11 Å². The molecule has 0 aliphatic carbocycles. The highest BCUT2D eigenvalue weighted by atomic mass is 127. The molecule has 2 atom stereocenters. The van der Waals surface area contributed by atoms with E-state index in [2.05, 4.69) is 29.4 Å². The number of halogens is 1. The maximum atomic E-state index is 9.18. The van der Waals surface area contributed by atoms with Crippen molar-refractivity contribution in [1.82, 2.24) is 15.5 Å². The van der Waals surface area contributed by atoms with Crippen LogP contribution in [-0.4, -0.2) is 75.1 Å². The van der Waals surface area contributed by atoms with Gasteiger partial charge in [-0.25, -0.2) is 0 Å². The largest absolute Gasteiger partial charge is 0.396 e. The van der Waals surface area contributed by atoms with Gasteiger partial charge in [-0.15, -0.1) is 24.0 Å². The Morgan fingerprint density at radius 3 is 2.76 bits per heavy atom. The summed E-state index contributed by atoms with van der Waals surface area (Å²) in [6.07, 6.45) is 5.60.